The first kappa shape index (κ1) is 16.3. The lowest BCUT2D eigenvalue weighted by Crippen LogP contribution is -2.16. The van der Waals surface area contributed by atoms with E-state index in [0.29, 0.717) is 22.7 Å². The van der Waals surface area contributed by atoms with Crippen LogP contribution in [0.4, 0.5) is 20.2 Å². The van der Waals surface area contributed by atoms with Crippen molar-refractivity contribution in [3.05, 3.63) is 81.5 Å². The summed E-state index contributed by atoms with van der Waals surface area (Å²) >= 11 is 0. The summed E-state index contributed by atoms with van der Waals surface area (Å²) in [7, 11) is 0. The van der Waals surface area contributed by atoms with Crippen molar-refractivity contribution in [3.63, 3.8) is 0 Å². The maximum Gasteiger partial charge on any atom is 0.336 e. The fourth-order valence-corrected chi connectivity index (χ4v) is 2.39. The Morgan fingerprint density at radius 1 is 1.16 bits per heavy atom. The Balaban J connectivity index is 1.90. The van der Waals surface area contributed by atoms with Crippen LogP contribution in [0.3, 0.4) is 0 Å². The molecule has 0 bridgehead atoms. The summed E-state index contributed by atoms with van der Waals surface area (Å²) in [6, 6.07) is 8.49. The molecule has 0 aliphatic heterocycles. The molecule has 1 amide bonds. The molecule has 124 valence electrons. The van der Waals surface area contributed by atoms with Crippen molar-refractivity contribution < 1.29 is 18.0 Å². The Kier molecular flexibility index (Phi) is 4.27. The topological polar surface area (TPSA) is 63.7 Å². The summed E-state index contributed by atoms with van der Waals surface area (Å²) in [4.78, 5) is 27.1. The highest BCUT2D eigenvalue weighted by Crippen LogP contribution is 2.23. The molecule has 0 aliphatic carbocycles. The number of benzene rings is 2. The summed E-state index contributed by atoms with van der Waals surface area (Å²) in [5.41, 5.74) is 0.0459. The van der Waals surface area contributed by atoms with Crippen LogP contribution in [0.2, 0.25) is 0 Å². The van der Waals surface area contributed by atoms with Crippen LogP contribution in [0.1, 0.15) is 5.56 Å². The number of anilines is 1. The fraction of sp³-hybridized carbons (Fsp3) is 0.0556. The first-order chi connectivity index (χ1) is 12.0. The average Bonchev–Trinajstić information content (AvgIpc) is 2.56. The van der Waals surface area contributed by atoms with Crippen LogP contribution in [-0.4, -0.2) is 5.91 Å². The van der Waals surface area contributed by atoms with Crippen LogP contribution in [0.5, 0.6) is 0 Å². The van der Waals surface area contributed by atoms with Gasteiger partial charge in [0.25, 0.3) is 0 Å². The molecule has 0 saturated carbocycles. The van der Waals surface area contributed by atoms with Crippen LogP contribution >= 0.6 is 0 Å². The molecule has 25 heavy (non-hydrogen) atoms. The molecule has 0 atom stereocenters. The molecule has 1 aromatic heterocycles. The number of carbonyl (C=O) groups is 1. The number of fused-ring (bicyclic) bond motifs is 1. The summed E-state index contributed by atoms with van der Waals surface area (Å²) < 4.78 is 31.5. The number of hydrogen-bond donors (Lipinski definition) is 1. The maximum absolute atomic E-state index is 13.6. The second-order valence-corrected chi connectivity index (χ2v) is 5.23. The zero-order valence-electron chi connectivity index (χ0n) is 12.7. The molecule has 1 heterocycles. The SMILES string of the molecule is [C-]#[N+]c1ccc2c(CC(=O)Nc3ccc(F)cc3F)cc(=O)oc2c1. The van der Waals surface area contributed by atoms with Crippen molar-refractivity contribution in [2.24, 2.45) is 0 Å². The first-order valence-corrected chi connectivity index (χ1v) is 7.15. The van der Waals surface area contributed by atoms with Gasteiger partial charge in [0.05, 0.1) is 18.7 Å². The monoisotopic (exact) mass is 340 g/mol. The van der Waals surface area contributed by atoms with E-state index in [1.54, 1.807) is 6.07 Å². The molecule has 0 radical (unpaired) electrons. The summed E-state index contributed by atoms with van der Waals surface area (Å²) in [6.07, 6.45) is -0.212. The molecule has 1 N–H and O–H groups in total. The van der Waals surface area contributed by atoms with Gasteiger partial charge in [-0.2, -0.15) is 0 Å². The van der Waals surface area contributed by atoms with Gasteiger partial charge in [0.15, 0.2) is 5.69 Å². The third-order valence-corrected chi connectivity index (χ3v) is 3.50. The van der Waals surface area contributed by atoms with Gasteiger partial charge in [-0.1, -0.05) is 12.1 Å². The lowest BCUT2D eigenvalue weighted by Gasteiger charge is -2.08. The number of carbonyl (C=O) groups excluding carboxylic acids is 1. The van der Waals surface area contributed by atoms with E-state index in [-0.39, 0.29) is 17.7 Å². The van der Waals surface area contributed by atoms with Crippen LogP contribution < -0.4 is 10.9 Å². The first-order valence-electron chi connectivity index (χ1n) is 7.15. The third-order valence-electron chi connectivity index (χ3n) is 3.50. The second kappa shape index (κ2) is 6.53. The molecular formula is C18H10F2N2O3. The molecule has 3 aromatic rings. The summed E-state index contributed by atoms with van der Waals surface area (Å²) in [5, 5.41) is 2.83. The van der Waals surface area contributed by atoms with Gasteiger partial charge in [-0.3, -0.25) is 4.79 Å². The number of halogens is 2. The predicted octanol–water partition coefficient (Wildman–Crippen LogP) is 3.80. The number of amides is 1. The van der Waals surface area contributed by atoms with E-state index >= 15 is 0 Å². The Hall–Kier alpha value is -3.53. The standard InChI is InChI=1S/C18H10F2N2O3/c1-21-12-3-4-13-10(7-18(24)25-16(13)9-12)6-17(23)22-15-5-2-11(19)8-14(15)20/h2-5,7-9H,6H2,(H,22,23). The molecular weight excluding hydrogens is 330 g/mol. The van der Waals surface area contributed by atoms with Gasteiger partial charge in [-0.25, -0.2) is 18.4 Å². The number of nitrogens with one attached hydrogen (secondary N) is 1. The predicted molar refractivity (Wildman–Crippen MR) is 87.4 cm³/mol. The minimum absolute atomic E-state index is 0.158. The number of nitrogens with zero attached hydrogens (tertiary/aromatic N) is 1. The lowest BCUT2D eigenvalue weighted by atomic mass is 10.1. The van der Waals surface area contributed by atoms with Crippen LogP contribution in [0, 0.1) is 18.2 Å². The Morgan fingerprint density at radius 2 is 1.96 bits per heavy atom. The van der Waals surface area contributed by atoms with Crippen molar-refractivity contribution in [1.29, 1.82) is 0 Å². The smallest absolute Gasteiger partial charge is 0.336 e. The minimum atomic E-state index is -0.896. The highest BCUT2D eigenvalue weighted by molar-refractivity contribution is 5.95. The molecule has 2 aromatic carbocycles. The highest BCUT2D eigenvalue weighted by atomic mass is 19.1. The van der Waals surface area contributed by atoms with Crippen molar-refractivity contribution in [2.75, 3.05) is 5.32 Å². The van der Waals surface area contributed by atoms with E-state index in [4.69, 9.17) is 11.0 Å². The Morgan fingerprint density at radius 3 is 2.68 bits per heavy atom. The van der Waals surface area contributed by atoms with Gasteiger partial charge in [-0.15, -0.1) is 0 Å². The molecule has 0 fully saturated rings. The van der Waals surface area contributed by atoms with E-state index < -0.39 is 23.2 Å². The van der Waals surface area contributed by atoms with Crippen molar-refractivity contribution in [2.45, 2.75) is 6.42 Å². The van der Waals surface area contributed by atoms with Gasteiger partial charge >= 0.3 is 5.63 Å². The van der Waals surface area contributed by atoms with E-state index in [2.05, 4.69) is 10.2 Å². The van der Waals surface area contributed by atoms with Crippen LogP contribution in [0.25, 0.3) is 15.8 Å². The van der Waals surface area contributed by atoms with Gasteiger partial charge in [0.1, 0.15) is 17.2 Å². The van der Waals surface area contributed by atoms with Crippen LogP contribution in [-0.2, 0) is 11.2 Å². The minimum Gasteiger partial charge on any atom is -0.424 e. The van der Waals surface area contributed by atoms with E-state index in [1.807, 2.05) is 0 Å². The van der Waals surface area contributed by atoms with E-state index in [0.717, 1.165) is 12.1 Å². The summed E-state index contributed by atoms with van der Waals surface area (Å²) in [6.45, 7) is 6.98. The second-order valence-electron chi connectivity index (χ2n) is 5.23. The van der Waals surface area contributed by atoms with Gasteiger partial charge in [0, 0.05) is 17.5 Å². The van der Waals surface area contributed by atoms with Gasteiger partial charge in [0.2, 0.25) is 5.91 Å². The van der Waals surface area contributed by atoms with Crippen molar-refractivity contribution in [1.82, 2.24) is 0 Å². The van der Waals surface area contributed by atoms with Gasteiger partial charge < -0.3 is 9.73 Å². The quantitative estimate of drug-likeness (QED) is 0.583. The third kappa shape index (κ3) is 3.53. The lowest BCUT2D eigenvalue weighted by molar-refractivity contribution is -0.115. The zero-order chi connectivity index (χ0) is 18.0. The molecule has 0 saturated heterocycles. The Labute approximate surface area is 140 Å². The molecule has 7 heteroatoms. The highest BCUT2D eigenvalue weighted by Gasteiger charge is 2.13. The van der Waals surface area contributed by atoms with Gasteiger partial charge in [-0.05, 0) is 23.8 Å². The molecule has 0 spiro atoms. The molecule has 3 rings (SSSR count). The Bertz CT molecular complexity index is 1080. The average molecular weight is 340 g/mol. The fourth-order valence-electron chi connectivity index (χ4n) is 2.39. The molecule has 0 unspecified atom stereocenters. The van der Waals surface area contributed by atoms with E-state index in [9.17, 15) is 18.4 Å². The van der Waals surface area contributed by atoms with Crippen molar-refractivity contribution >= 4 is 28.3 Å². The van der Waals surface area contributed by atoms with Crippen LogP contribution in [0.15, 0.2) is 51.7 Å². The summed E-state index contributed by atoms with van der Waals surface area (Å²) in [5.74, 6) is -2.23. The van der Waals surface area contributed by atoms with E-state index in [1.165, 1.54) is 18.2 Å². The van der Waals surface area contributed by atoms with Crippen molar-refractivity contribution in [3.8, 4) is 0 Å². The number of rotatable bonds is 3. The molecule has 0 aliphatic rings. The number of hydrogen-bond acceptors (Lipinski definition) is 3. The molecule has 5 nitrogen and oxygen atoms in total. The normalized spacial score (nSPS) is 10.4. The maximum atomic E-state index is 13.6. The largest absolute Gasteiger partial charge is 0.424 e. The zero-order valence-corrected chi connectivity index (χ0v) is 12.7.